The third kappa shape index (κ3) is 6.23. The molecule has 1 aromatic rings. The average molecular weight is 505 g/mol. The number of hydrogen-bond acceptors (Lipinski definition) is 7. The molecule has 0 radical (unpaired) electrons. The normalized spacial score (nSPS) is 20.2. The number of amides is 1. The molecule has 9 heteroatoms. The first-order valence-electron chi connectivity index (χ1n) is 12.4. The summed E-state index contributed by atoms with van der Waals surface area (Å²) in [5, 5.41) is 0. The number of carbonyl (C=O) groups is 1. The molecule has 3 aliphatic heterocycles. The van der Waals surface area contributed by atoms with E-state index in [1.807, 2.05) is 28.9 Å². The summed E-state index contributed by atoms with van der Waals surface area (Å²) in [4.78, 5) is 24.2. The molecule has 186 valence electrons. The Labute approximate surface area is 212 Å². The van der Waals surface area contributed by atoms with Crippen LogP contribution in [0.15, 0.2) is 17.1 Å². The van der Waals surface area contributed by atoms with Crippen LogP contribution in [0.3, 0.4) is 0 Å². The topological polar surface area (TPSA) is 57.6 Å². The van der Waals surface area contributed by atoms with Crippen molar-refractivity contribution >= 4 is 46.1 Å². The highest BCUT2D eigenvalue weighted by Gasteiger charge is 2.32. The average Bonchev–Trinajstić information content (AvgIpc) is 3.28. The van der Waals surface area contributed by atoms with Gasteiger partial charge in [-0.25, -0.2) is 0 Å². The number of rotatable bonds is 9. The van der Waals surface area contributed by atoms with Gasteiger partial charge in [0.1, 0.15) is 4.32 Å². The largest absolute Gasteiger partial charge is 0.493 e. The van der Waals surface area contributed by atoms with Gasteiger partial charge in [-0.3, -0.25) is 9.79 Å². The summed E-state index contributed by atoms with van der Waals surface area (Å²) in [5.74, 6) is 2.36. The van der Waals surface area contributed by atoms with Gasteiger partial charge in [0.2, 0.25) is 0 Å². The summed E-state index contributed by atoms with van der Waals surface area (Å²) < 4.78 is 12.6. The van der Waals surface area contributed by atoms with Crippen molar-refractivity contribution in [3.05, 3.63) is 17.7 Å². The second kappa shape index (κ2) is 12.2. The Morgan fingerprint density at radius 3 is 2.71 bits per heavy atom. The van der Waals surface area contributed by atoms with E-state index in [0.29, 0.717) is 29.4 Å². The van der Waals surface area contributed by atoms with E-state index in [1.54, 1.807) is 13.2 Å². The van der Waals surface area contributed by atoms with E-state index >= 15 is 0 Å². The summed E-state index contributed by atoms with van der Waals surface area (Å²) in [5.41, 5.74) is 1.26. The SMILES string of the molecule is COc1cc2c(cc1OCCCCCCSC(=S)N1CCN(C)CC1)N=C[C@@H]1CCCN1C2=O. The predicted molar refractivity (Wildman–Crippen MR) is 143 cm³/mol. The number of ether oxygens (including phenoxy) is 2. The molecule has 1 aromatic carbocycles. The lowest BCUT2D eigenvalue weighted by Gasteiger charge is -2.33. The Kier molecular flexibility index (Phi) is 9.08. The number of aliphatic imine (C=N–C) groups is 1. The van der Waals surface area contributed by atoms with Crippen molar-refractivity contribution in [1.29, 1.82) is 0 Å². The zero-order valence-electron chi connectivity index (χ0n) is 20.3. The van der Waals surface area contributed by atoms with Crippen LogP contribution >= 0.6 is 24.0 Å². The first kappa shape index (κ1) is 25.3. The summed E-state index contributed by atoms with van der Waals surface area (Å²) in [7, 11) is 3.78. The van der Waals surface area contributed by atoms with E-state index in [-0.39, 0.29) is 11.9 Å². The maximum atomic E-state index is 13.0. The molecule has 1 amide bonds. The molecule has 4 rings (SSSR count). The maximum absolute atomic E-state index is 13.0. The highest BCUT2D eigenvalue weighted by atomic mass is 32.2. The van der Waals surface area contributed by atoms with E-state index in [2.05, 4.69) is 21.8 Å². The monoisotopic (exact) mass is 504 g/mol. The molecule has 0 unspecified atom stereocenters. The Hall–Kier alpha value is -1.84. The fourth-order valence-electron chi connectivity index (χ4n) is 4.60. The number of piperazine rings is 1. The number of likely N-dealkylation sites (N-methyl/N-ethyl adjacent to an activating group) is 1. The van der Waals surface area contributed by atoms with E-state index < -0.39 is 0 Å². The van der Waals surface area contributed by atoms with Crippen molar-refractivity contribution < 1.29 is 14.3 Å². The van der Waals surface area contributed by atoms with Gasteiger partial charge in [-0.1, -0.05) is 36.8 Å². The number of carbonyl (C=O) groups excluding carboxylic acids is 1. The van der Waals surface area contributed by atoms with Crippen molar-refractivity contribution in [2.75, 3.05) is 59.2 Å². The van der Waals surface area contributed by atoms with Crippen LogP contribution in [0.4, 0.5) is 5.69 Å². The Bertz CT molecular complexity index is 902. The minimum absolute atomic E-state index is 0.0322. The van der Waals surface area contributed by atoms with E-state index in [1.165, 1.54) is 6.42 Å². The number of thiocarbonyl (C=S) groups is 1. The molecule has 7 nitrogen and oxygen atoms in total. The number of nitrogens with zero attached hydrogens (tertiary/aromatic N) is 4. The second-order valence-electron chi connectivity index (χ2n) is 9.17. The van der Waals surface area contributed by atoms with Gasteiger partial charge in [0.25, 0.3) is 5.91 Å². The lowest BCUT2D eigenvalue weighted by atomic mass is 10.1. The number of unbranched alkanes of at least 4 members (excludes halogenated alkanes) is 3. The van der Waals surface area contributed by atoms with Crippen LogP contribution < -0.4 is 9.47 Å². The zero-order valence-corrected chi connectivity index (χ0v) is 22.0. The van der Waals surface area contributed by atoms with Crippen molar-refractivity contribution in [1.82, 2.24) is 14.7 Å². The predicted octanol–water partition coefficient (Wildman–Crippen LogP) is 4.22. The molecule has 3 aliphatic rings. The molecular formula is C25H36N4O3S2. The van der Waals surface area contributed by atoms with Gasteiger partial charge in [-0.05, 0) is 38.8 Å². The standard InChI is InChI=1S/C25H36N4O3S2/c1-27-10-12-28(13-11-27)25(33)34-15-6-4-3-5-14-32-23-17-21-20(16-22(23)31-2)24(30)29-9-7-8-19(29)18-26-21/h16-19H,3-15H2,1-2H3/t19-/m0/s1. The number of fused-ring (bicyclic) bond motifs is 2. The fraction of sp³-hybridized carbons (Fsp3) is 0.640. The van der Waals surface area contributed by atoms with Gasteiger partial charge in [0, 0.05) is 50.8 Å². The van der Waals surface area contributed by atoms with Crippen molar-refractivity contribution in [2.45, 2.75) is 44.6 Å². The van der Waals surface area contributed by atoms with E-state index in [9.17, 15) is 4.79 Å². The summed E-state index contributed by atoms with van der Waals surface area (Å²) in [6, 6.07) is 3.73. The van der Waals surface area contributed by atoms with Gasteiger partial charge in [0.15, 0.2) is 11.5 Å². The van der Waals surface area contributed by atoms with Gasteiger partial charge in [0.05, 0.1) is 31.0 Å². The van der Waals surface area contributed by atoms with E-state index in [0.717, 1.165) is 74.9 Å². The summed E-state index contributed by atoms with van der Waals surface area (Å²) in [6.45, 7) is 5.69. The first-order valence-corrected chi connectivity index (χ1v) is 13.8. The highest BCUT2D eigenvalue weighted by molar-refractivity contribution is 8.22. The number of methoxy groups -OCH3 is 1. The van der Waals surface area contributed by atoms with Crippen LogP contribution in [0.25, 0.3) is 0 Å². The minimum Gasteiger partial charge on any atom is -0.493 e. The molecule has 1 atom stereocenters. The molecule has 3 heterocycles. The van der Waals surface area contributed by atoms with Crippen molar-refractivity contribution in [2.24, 2.45) is 4.99 Å². The summed E-state index contributed by atoms with van der Waals surface area (Å²) >= 11 is 7.41. The van der Waals surface area contributed by atoms with Crippen LogP contribution in [0.2, 0.25) is 0 Å². The van der Waals surface area contributed by atoms with Crippen LogP contribution in [0.1, 0.15) is 48.9 Å². The molecule has 0 aromatic heterocycles. The highest BCUT2D eigenvalue weighted by Crippen LogP contribution is 2.38. The van der Waals surface area contributed by atoms with Crippen LogP contribution in [0, 0.1) is 0 Å². The van der Waals surface area contributed by atoms with Gasteiger partial charge >= 0.3 is 0 Å². The van der Waals surface area contributed by atoms with Crippen LogP contribution in [-0.2, 0) is 0 Å². The van der Waals surface area contributed by atoms with Gasteiger partial charge < -0.3 is 24.2 Å². The quantitative estimate of drug-likeness (QED) is 0.369. The molecule has 0 N–H and O–H groups in total. The molecule has 0 saturated carbocycles. The second-order valence-corrected chi connectivity index (χ2v) is 10.9. The fourth-order valence-corrected chi connectivity index (χ4v) is 5.92. The van der Waals surface area contributed by atoms with Crippen LogP contribution in [0.5, 0.6) is 11.5 Å². The molecular weight excluding hydrogens is 468 g/mol. The molecule has 0 aliphatic carbocycles. The smallest absolute Gasteiger partial charge is 0.256 e. The first-order chi connectivity index (χ1) is 16.6. The van der Waals surface area contributed by atoms with Crippen molar-refractivity contribution in [3.63, 3.8) is 0 Å². The Morgan fingerprint density at radius 1 is 1.12 bits per heavy atom. The summed E-state index contributed by atoms with van der Waals surface area (Å²) in [6.07, 6.45) is 8.32. The number of thioether (sulfide) groups is 1. The zero-order chi connectivity index (χ0) is 23.9. The Balaban J connectivity index is 1.18. The van der Waals surface area contributed by atoms with Gasteiger partial charge in [-0.2, -0.15) is 0 Å². The molecule has 2 saturated heterocycles. The molecule has 2 fully saturated rings. The maximum Gasteiger partial charge on any atom is 0.256 e. The molecule has 0 bridgehead atoms. The van der Waals surface area contributed by atoms with Crippen LogP contribution in [-0.4, -0.2) is 96.4 Å². The van der Waals surface area contributed by atoms with E-state index in [4.69, 9.17) is 21.7 Å². The Morgan fingerprint density at radius 2 is 1.91 bits per heavy atom. The van der Waals surface area contributed by atoms with Gasteiger partial charge in [-0.15, -0.1) is 0 Å². The third-order valence-corrected chi connectivity index (χ3v) is 8.35. The lowest BCUT2D eigenvalue weighted by Crippen LogP contribution is -2.45. The number of benzene rings is 1. The number of hydrogen-bond donors (Lipinski definition) is 0. The minimum atomic E-state index is 0.0322. The lowest BCUT2D eigenvalue weighted by molar-refractivity contribution is 0.0774. The molecule has 0 spiro atoms. The molecule has 34 heavy (non-hydrogen) atoms. The third-order valence-electron chi connectivity index (χ3n) is 6.74. The van der Waals surface area contributed by atoms with Crippen molar-refractivity contribution in [3.8, 4) is 11.5 Å².